The topological polar surface area (TPSA) is 68.3 Å². The molecular formula is C13H22N4O2. The van der Waals surface area contributed by atoms with Gasteiger partial charge in [0.25, 0.3) is 0 Å². The summed E-state index contributed by atoms with van der Waals surface area (Å²) in [6, 6.07) is 0. The summed E-state index contributed by atoms with van der Waals surface area (Å²) in [7, 11) is 3.41. The first-order valence-corrected chi connectivity index (χ1v) is 6.77. The van der Waals surface area contributed by atoms with E-state index in [4.69, 9.17) is 9.47 Å². The van der Waals surface area contributed by atoms with E-state index in [0.717, 1.165) is 0 Å². The molecule has 0 amide bonds. The van der Waals surface area contributed by atoms with Crippen molar-refractivity contribution in [2.75, 3.05) is 37.9 Å². The zero-order valence-corrected chi connectivity index (χ0v) is 11.6. The summed E-state index contributed by atoms with van der Waals surface area (Å²) in [6.45, 7) is 1.40. The zero-order chi connectivity index (χ0) is 13.5. The van der Waals surface area contributed by atoms with Crippen LogP contribution in [0.15, 0.2) is 6.33 Å². The third kappa shape index (κ3) is 3.70. The van der Waals surface area contributed by atoms with E-state index in [-0.39, 0.29) is 0 Å². The third-order valence-electron chi connectivity index (χ3n) is 3.30. The Morgan fingerprint density at radius 1 is 1.26 bits per heavy atom. The highest BCUT2D eigenvalue weighted by Gasteiger charge is 2.15. The number of nitrogens with zero attached hydrogens (tertiary/aromatic N) is 2. The Bertz CT molecular complexity index is 394. The second-order valence-corrected chi connectivity index (χ2v) is 4.56. The number of rotatable bonds is 7. The number of ether oxygens (including phenoxy) is 2. The predicted octanol–water partition coefficient (Wildman–Crippen LogP) is 1.90. The van der Waals surface area contributed by atoms with Crippen LogP contribution in [0.25, 0.3) is 0 Å². The molecule has 1 aromatic heterocycles. The van der Waals surface area contributed by atoms with Gasteiger partial charge in [0.15, 0.2) is 11.6 Å². The molecule has 106 valence electrons. The molecule has 2 N–H and O–H groups in total. The quantitative estimate of drug-likeness (QED) is 0.735. The van der Waals surface area contributed by atoms with Crippen LogP contribution in [0.4, 0.5) is 11.6 Å². The largest absolute Gasteiger partial charge is 0.490 e. The van der Waals surface area contributed by atoms with Crippen LogP contribution in [0, 0.1) is 0 Å². The van der Waals surface area contributed by atoms with Gasteiger partial charge in [0, 0.05) is 13.6 Å². The van der Waals surface area contributed by atoms with Gasteiger partial charge in [-0.05, 0) is 12.8 Å². The summed E-state index contributed by atoms with van der Waals surface area (Å²) >= 11 is 0. The van der Waals surface area contributed by atoms with E-state index < -0.39 is 0 Å². The summed E-state index contributed by atoms with van der Waals surface area (Å²) in [6.07, 6.45) is 6.94. The van der Waals surface area contributed by atoms with Gasteiger partial charge in [-0.2, -0.15) is 0 Å². The van der Waals surface area contributed by atoms with Crippen LogP contribution >= 0.6 is 0 Å². The van der Waals surface area contributed by atoms with Gasteiger partial charge in [-0.3, -0.25) is 0 Å². The molecular weight excluding hydrogens is 244 g/mol. The first-order valence-electron chi connectivity index (χ1n) is 6.77. The summed E-state index contributed by atoms with van der Waals surface area (Å²) in [5, 5.41) is 6.20. The normalized spacial score (nSPS) is 15.5. The van der Waals surface area contributed by atoms with Crippen molar-refractivity contribution in [3.8, 4) is 5.75 Å². The minimum absolute atomic E-state index is 0.446. The van der Waals surface area contributed by atoms with Gasteiger partial charge in [0.2, 0.25) is 5.75 Å². The lowest BCUT2D eigenvalue weighted by Gasteiger charge is -2.14. The fourth-order valence-electron chi connectivity index (χ4n) is 2.32. The van der Waals surface area contributed by atoms with Crippen LogP contribution in [0.3, 0.4) is 0 Å². The molecule has 1 saturated carbocycles. The molecule has 0 spiro atoms. The first-order chi connectivity index (χ1) is 9.35. The van der Waals surface area contributed by atoms with Crippen molar-refractivity contribution < 1.29 is 9.47 Å². The molecule has 1 aromatic rings. The Hall–Kier alpha value is -1.56. The number of anilines is 2. The maximum absolute atomic E-state index is 5.79. The number of methoxy groups -OCH3 is 1. The highest BCUT2D eigenvalue weighted by atomic mass is 16.5. The van der Waals surface area contributed by atoms with Crippen molar-refractivity contribution in [3.63, 3.8) is 0 Å². The van der Waals surface area contributed by atoms with E-state index >= 15 is 0 Å². The summed E-state index contributed by atoms with van der Waals surface area (Å²) in [4.78, 5) is 8.29. The highest BCUT2D eigenvalue weighted by molar-refractivity contribution is 5.63. The van der Waals surface area contributed by atoms with Gasteiger partial charge in [0.05, 0.1) is 19.8 Å². The van der Waals surface area contributed by atoms with E-state index in [2.05, 4.69) is 20.6 Å². The molecule has 1 fully saturated rings. The summed E-state index contributed by atoms with van der Waals surface area (Å²) < 4.78 is 11.1. The van der Waals surface area contributed by atoms with Gasteiger partial charge in [-0.15, -0.1) is 0 Å². The van der Waals surface area contributed by atoms with Crippen LogP contribution in [0.1, 0.15) is 25.7 Å². The lowest BCUT2D eigenvalue weighted by atomic mass is 10.3. The Kier molecular flexibility index (Phi) is 5.20. The summed E-state index contributed by atoms with van der Waals surface area (Å²) in [5.74, 6) is 2.00. The second-order valence-electron chi connectivity index (χ2n) is 4.56. The standard InChI is InChI=1S/C13H22N4O2/c1-14-12-11(18-2)13(17-9-16-12)15-7-8-19-10-5-3-4-6-10/h9-10H,3-8H2,1-2H3,(H2,14,15,16,17). The number of nitrogens with one attached hydrogen (secondary N) is 2. The molecule has 0 bridgehead atoms. The average Bonchev–Trinajstić information content (AvgIpc) is 2.96. The van der Waals surface area contributed by atoms with E-state index in [1.165, 1.54) is 32.0 Å². The van der Waals surface area contributed by atoms with Crippen molar-refractivity contribution in [2.45, 2.75) is 31.8 Å². The van der Waals surface area contributed by atoms with Gasteiger partial charge in [0.1, 0.15) is 6.33 Å². The van der Waals surface area contributed by atoms with Crippen LogP contribution in [-0.2, 0) is 4.74 Å². The number of aromatic nitrogens is 2. The van der Waals surface area contributed by atoms with Crippen molar-refractivity contribution in [1.82, 2.24) is 9.97 Å². The average molecular weight is 266 g/mol. The van der Waals surface area contributed by atoms with E-state index in [1.807, 2.05) is 0 Å². The third-order valence-corrected chi connectivity index (χ3v) is 3.30. The number of hydrogen-bond acceptors (Lipinski definition) is 6. The van der Waals surface area contributed by atoms with Crippen molar-refractivity contribution >= 4 is 11.6 Å². The highest BCUT2D eigenvalue weighted by Crippen LogP contribution is 2.28. The van der Waals surface area contributed by atoms with Gasteiger partial charge in [-0.25, -0.2) is 9.97 Å². The molecule has 6 nitrogen and oxygen atoms in total. The minimum atomic E-state index is 0.446. The lowest BCUT2D eigenvalue weighted by Crippen LogP contribution is -2.16. The van der Waals surface area contributed by atoms with E-state index in [1.54, 1.807) is 14.2 Å². The molecule has 2 rings (SSSR count). The molecule has 1 aliphatic carbocycles. The monoisotopic (exact) mass is 266 g/mol. The van der Waals surface area contributed by atoms with Gasteiger partial charge in [-0.1, -0.05) is 12.8 Å². The molecule has 0 atom stereocenters. The van der Waals surface area contributed by atoms with E-state index in [0.29, 0.717) is 36.6 Å². The Labute approximate surface area is 113 Å². The van der Waals surface area contributed by atoms with Gasteiger partial charge >= 0.3 is 0 Å². The fraction of sp³-hybridized carbons (Fsp3) is 0.692. The van der Waals surface area contributed by atoms with Gasteiger partial charge < -0.3 is 20.1 Å². The van der Waals surface area contributed by atoms with Crippen molar-refractivity contribution in [1.29, 1.82) is 0 Å². The fourth-order valence-corrected chi connectivity index (χ4v) is 2.32. The van der Waals surface area contributed by atoms with Crippen LogP contribution in [0.2, 0.25) is 0 Å². The molecule has 1 heterocycles. The van der Waals surface area contributed by atoms with Crippen LogP contribution in [0.5, 0.6) is 5.75 Å². The maximum Gasteiger partial charge on any atom is 0.204 e. The van der Waals surface area contributed by atoms with Crippen molar-refractivity contribution in [2.24, 2.45) is 0 Å². The molecule has 0 unspecified atom stereocenters. The molecule has 6 heteroatoms. The molecule has 0 radical (unpaired) electrons. The second kappa shape index (κ2) is 7.13. The minimum Gasteiger partial charge on any atom is -0.490 e. The molecule has 0 aromatic carbocycles. The first kappa shape index (κ1) is 13.9. The van der Waals surface area contributed by atoms with Crippen LogP contribution < -0.4 is 15.4 Å². The van der Waals surface area contributed by atoms with Crippen LogP contribution in [-0.4, -0.2) is 43.4 Å². The molecule has 0 saturated heterocycles. The SMILES string of the molecule is CNc1ncnc(NCCOC2CCCC2)c1OC. The Morgan fingerprint density at radius 3 is 2.68 bits per heavy atom. The Morgan fingerprint density at radius 2 is 2.00 bits per heavy atom. The van der Waals surface area contributed by atoms with Crippen molar-refractivity contribution in [3.05, 3.63) is 6.33 Å². The Balaban J connectivity index is 1.81. The smallest absolute Gasteiger partial charge is 0.204 e. The summed E-state index contributed by atoms with van der Waals surface area (Å²) in [5.41, 5.74) is 0. The zero-order valence-electron chi connectivity index (χ0n) is 11.6. The molecule has 1 aliphatic rings. The van der Waals surface area contributed by atoms with E-state index in [9.17, 15) is 0 Å². The molecule has 19 heavy (non-hydrogen) atoms. The number of hydrogen-bond donors (Lipinski definition) is 2. The molecule has 0 aliphatic heterocycles. The predicted molar refractivity (Wildman–Crippen MR) is 74.8 cm³/mol. The lowest BCUT2D eigenvalue weighted by molar-refractivity contribution is 0.0658. The maximum atomic E-state index is 5.79.